The molecule has 0 radical (unpaired) electrons. The Bertz CT molecular complexity index is 2900. The highest BCUT2D eigenvalue weighted by Gasteiger charge is 2.17. The molecule has 0 saturated carbocycles. The molecular weight excluding hydrogens is 631 g/mol. The molecule has 0 N–H and O–H groups in total. The van der Waals surface area contributed by atoms with Gasteiger partial charge in [-0.05, 0) is 110 Å². The first-order valence-corrected chi connectivity index (χ1v) is 17.7. The molecule has 0 unspecified atom stereocenters. The van der Waals surface area contributed by atoms with Crippen LogP contribution in [-0.2, 0) is 0 Å². The molecule has 0 amide bonds. The van der Waals surface area contributed by atoms with E-state index in [1.54, 1.807) is 0 Å². The van der Waals surface area contributed by atoms with E-state index in [2.05, 4.69) is 193 Å². The van der Waals surface area contributed by atoms with Gasteiger partial charge in [0.05, 0.1) is 0 Å². The van der Waals surface area contributed by atoms with Gasteiger partial charge in [0.15, 0.2) is 0 Å². The molecule has 9 aromatic carbocycles. The molecule has 1 aromatic heterocycles. The highest BCUT2D eigenvalue weighted by atomic mass is 16.3. The van der Waals surface area contributed by atoms with Gasteiger partial charge in [-0.1, -0.05) is 146 Å². The van der Waals surface area contributed by atoms with Crippen molar-refractivity contribution in [2.75, 3.05) is 4.90 Å². The van der Waals surface area contributed by atoms with Gasteiger partial charge in [-0.25, -0.2) is 0 Å². The third kappa shape index (κ3) is 5.30. The third-order valence-electron chi connectivity index (χ3n) is 10.2. The van der Waals surface area contributed by atoms with E-state index in [0.29, 0.717) is 0 Å². The summed E-state index contributed by atoms with van der Waals surface area (Å²) in [5, 5.41) is 7.22. The van der Waals surface area contributed by atoms with Gasteiger partial charge in [0.2, 0.25) is 0 Å². The predicted molar refractivity (Wildman–Crippen MR) is 220 cm³/mol. The van der Waals surface area contributed by atoms with Crippen LogP contribution in [0.2, 0.25) is 0 Å². The van der Waals surface area contributed by atoms with E-state index < -0.39 is 0 Å². The lowest BCUT2D eigenvalue weighted by molar-refractivity contribution is 0.669. The summed E-state index contributed by atoms with van der Waals surface area (Å²) in [5.41, 5.74) is 12.2. The molecule has 2 nitrogen and oxygen atoms in total. The maximum absolute atomic E-state index is 6.25. The zero-order valence-electron chi connectivity index (χ0n) is 28.4. The minimum Gasteiger partial charge on any atom is -0.456 e. The van der Waals surface area contributed by atoms with Crippen LogP contribution in [0, 0.1) is 0 Å². The molecular formula is C50H33NO. The Kier molecular flexibility index (Phi) is 7.18. The summed E-state index contributed by atoms with van der Waals surface area (Å²) < 4.78 is 6.25. The van der Waals surface area contributed by atoms with Gasteiger partial charge in [0.1, 0.15) is 11.2 Å². The number of para-hydroxylation sites is 1. The number of nitrogens with zero attached hydrogens (tertiary/aromatic N) is 1. The van der Waals surface area contributed by atoms with Crippen molar-refractivity contribution in [3.05, 3.63) is 200 Å². The smallest absolute Gasteiger partial charge is 0.136 e. The quantitative estimate of drug-likeness (QED) is 0.176. The molecule has 0 fully saturated rings. The number of hydrogen-bond acceptors (Lipinski definition) is 2. The molecule has 0 atom stereocenters. The fourth-order valence-electron chi connectivity index (χ4n) is 7.62. The van der Waals surface area contributed by atoms with Gasteiger partial charge in [0, 0.05) is 27.8 Å². The number of benzene rings is 9. The second-order valence-electron chi connectivity index (χ2n) is 13.4. The molecule has 0 bridgehead atoms. The third-order valence-corrected chi connectivity index (χ3v) is 10.2. The minimum absolute atomic E-state index is 0.899. The monoisotopic (exact) mass is 663 g/mol. The summed E-state index contributed by atoms with van der Waals surface area (Å²) in [6.07, 6.45) is 0. The first kappa shape index (κ1) is 30.0. The van der Waals surface area contributed by atoms with E-state index in [4.69, 9.17) is 4.42 Å². The molecule has 0 saturated heterocycles. The second-order valence-corrected chi connectivity index (χ2v) is 13.4. The van der Waals surface area contributed by atoms with Crippen molar-refractivity contribution in [1.29, 1.82) is 0 Å². The Morgan fingerprint density at radius 2 is 0.846 bits per heavy atom. The van der Waals surface area contributed by atoms with Crippen molar-refractivity contribution in [3.63, 3.8) is 0 Å². The van der Waals surface area contributed by atoms with Crippen LogP contribution in [0.3, 0.4) is 0 Å². The normalized spacial score (nSPS) is 11.5. The maximum atomic E-state index is 6.25. The summed E-state index contributed by atoms with van der Waals surface area (Å²) in [4.78, 5) is 2.36. The molecule has 1 heterocycles. The second kappa shape index (κ2) is 12.5. The molecule has 0 aliphatic rings. The van der Waals surface area contributed by atoms with Crippen LogP contribution in [-0.4, -0.2) is 0 Å². The first-order valence-electron chi connectivity index (χ1n) is 17.7. The minimum atomic E-state index is 0.899. The highest BCUT2D eigenvalue weighted by molar-refractivity contribution is 6.12. The average molecular weight is 664 g/mol. The van der Waals surface area contributed by atoms with Gasteiger partial charge in [-0.15, -0.1) is 0 Å². The Hall–Kier alpha value is -6.90. The standard InChI is InChI=1S/C50H33NO/c1-3-11-39-31-41(24-23-34(39)9-1)38-21-19-36(20-22-38)37-25-28-43(29-26-37)51(45-30-27-35-10-2-4-12-40(35)32-45)44-14-7-13-42(33-44)46-16-8-18-49-50(46)47-15-5-6-17-48(47)52-49/h1-33H. The summed E-state index contributed by atoms with van der Waals surface area (Å²) in [6.45, 7) is 0. The van der Waals surface area contributed by atoms with Crippen LogP contribution in [0.5, 0.6) is 0 Å². The van der Waals surface area contributed by atoms with Gasteiger partial charge in [0.25, 0.3) is 0 Å². The topological polar surface area (TPSA) is 16.4 Å². The van der Waals surface area contributed by atoms with Crippen molar-refractivity contribution >= 4 is 60.5 Å². The summed E-state index contributed by atoms with van der Waals surface area (Å²) >= 11 is 0. The van der Waals surface area contributed by atoms with Crippen molar-refractivity contribution in [1.82, 2.24) is 0 Å². The maximum Gasteiger partial charge on any atom is 0.136 e. The van der Waals surface area contributed by atoms with Crippen LogP contribution in [0.4, 0.5) is 17.1 Å². The van der Waals surface area contributed by atoms with E-state index in [1.807, 2.05) is 12.1 Å². The first-order chi connectivity index (χ1) is 25.7. The summed E-state index contributed by atoms with van der Waals surface area (Å²) in [6, 6.07) is 71.8. The Morgan fingerprint density at radius 3 is 1.62 bits per heavy atom. The molecule has 52 heavy (non-hydrogen) atoms. The SMILES string of the molecule is c1cc(-c2cccc3oc4ccccc4c23)cc(N(c2ccc(-c3ccc(-c4ccc5ccccc5c4)cc3)cc2)c2ccc3ccccc3c2)c1. The lowest BCUT2D eigenvalue weighted by atomic mass is 9.98. The van der Waals surface area contributed by atoms with Crippen molar-refractivity contribution < 1.29 is 4.42 Å². The van der Waals surface area contributed by atoms with E-state index in [-0.39, 0.29) is 0 Å². The molecule has 10 rings (SSSR count). The molecule has 0 aliphatic carbocycles. The van der Waals surface area contributed by atoms with Crippen LogP contribution < -0.4 is 4.90 Å². The highest BCUT2D eigenvalue weighted by Crippen LogP contribution is 2.41. The van der Waals surface area contributed by atoms with Gasteiger partial charge in [-0.3, -0.25) is 0 Å². The van der Waals surface area contributed by atoms with Crippen LogP contribution in [0.15, 0.2) is 205 Å². The van der Waals surface area contributed by atoms with Gasteiger partial charge < -0.3 is 9.32 Å². The van der Waals surface area contributed by atoms with Crippen molar-refractivity contribution in [2.45, 2.75) is 0 Å². The van der Waals surface area contributed by atoms with Gasteiger partial charge >= 0.3 is 0 Å². The summed E-state index contributed by atoms with van der Waals surface area (Å²) in [5.74, 6) is 0. The zero-order valence-corrected chi connectivity index (χ0v) is 28.4. The Morgan fingerprint density at radius 1 is 0.308 bits per heavy atom. The molecule has 244 valence electrons. The lowest BCUT2D eigenvalue weighted by Gasteiger charge is -2.26. The Labute approximate surface area is 302 Å². The van der Waals surface area contributed by atoms with Crippen LogP contribution in [0.25, 0.3) is 76.9 Å². The number of furan rings is 1. The zero-order chi connectivity index (χ0) is 34.4. The van der Waals surface area contributed by atoms with E-state index in [9.17, 15) is 0 Å². The average Bonchev–Trinajstić information content (AvgIpc) is 3.60. The molecule has 0 aliphatic heterocycles. The number of rotatable bonds is 6. The fourth-order valence-corrected chi connectivity index (χ4v) is 7.62. The van der Waals surface area contributed by atoms with Crippen molar-refractivity contribution in [2.24, 2.45) is 0 Å². The Balaban J connectivity index is 1.04. The van der Waals surface area contributed by atoms with Crippen LogP contribution in [0.1, 0.15) is 0 Å². The predicted octanol–water partition coefficient (Wildman–Crippen LogP) is 14.4. The van der Waals surface area contributed by atoms with E-state index in [0.717, 1.165) is 50.1 Å². The molecule has 0 spiro atoms. The number of anilines is 3. The van der Waals surface area contributed by atoms with Crippen LogP contribution >= 0.6 is 0 Å². The largest absolute Gasteiger partial charge is 0.456 e. The van der Waals surface area contributed by atoms with E-state index in [1.165, 1.54) is 43.8 Å². The van der Waals surface area contributed by atoms with E-state index >= 15 is 0 Å². The fraction of sp³-hybridized carbons (Fsp3) is 0. The summed E-state index contributed by atoms with van der Waals surface area (Å²) in [7, 11) is 0. The van der Waals surface area contributed by atoms with Gasteiger partial charge in [-0.2, -0.15) is 0 Å². The van der Waals surface area contributed by atoms with Crippen molar-refractivity contribution in [3.8, 4) is 33.4 Å². The lowest BCUT2D eigenvalue weighted by Crippen LogP contribution is -2.10. The molecule has 2 heteroatoms. The number of hydrogen-bond donors (Lipinski definition) is 0. The number of fused-ring (bicyclic) bond motifs is 5. The molecule has 10 aromatic rings.